The smallest absolute Gasteiger partial charge is 0.296 e. The number of furan rings is 1. The van der Waals surface area contributed by atoms with E-state index in [4.69, 9.17) is 13.9 Å². The summed E-state index contributed by atoms with van der Waals surface area (Å²) < 4.78 is 17.9. The maximum Gasteiger partial charge on any atom is 0.296 e. The summed E-state index contributed by atoms with van der Waals surface area (Å²) in [5, 5.41) is 11.3. The van der Waals surface area contributed by atoms with Crippen LogP contribution in [0.25, 0.3) is 5.76 Å². The molecular weight excluding hydrogens is 550 g/mol. The molecule has 1 unspecified atom stereocenters. The zero-order chi connectivity index (χ0) is 26.6. The Morgan fingerprint density at radius 1 is 0.974 bits per heavy atom. The summed E-state index contributed by atoms with van der Waals surface area (Å²) in [6.45, 7) is 0.394. The van der Waals surface area contributed by atoms with Gasteiger partial charge in [0.1, 0.15) is 18.1 Å². The minimum atomic E-state index is -0.874. The summed E-state index contributed by atoms with van der Waals surface area (Å²) in [6, 6.07) is 24.4. The van der Waals surface area contributed by atoms with Crippen molar-refractivity contribution >= 4 is 33.4 Å². The topological polar surface area (TPSA) is 89.2 Å². The van der Waals surface area contributed by atoms with Crippen LogP contribution >= 0.6 is 15.9 Å². The SMILES string of the molecule is COc1cc(C2C(=C(O)c3ccc(Br)cc3)C(=O)C(=O)N2Cc2ccco2)ccc1OCc1ccccc1. The third-order valence-corrected chi connectivity index (χ3v) is 6.83. The Hall–Kier alpha value is -4.30. The van der Waals surface area contributed by atoms with E-state index in [2.05, 4.69) is 15.9 Å². The number of benzene rings is 3. The Morgan fingerprint density at radius 3 is 2.42 bits per heavy atom. The van der Waals surface area contributed by atoms with Crippen molar-refractivity contribution in [1.29, 1.82) is 0 Å². The van der Waals surface area contributed by atoms with Gasteiger partial charge >= 0.3 is 0 Å². The number of likely N-dealkylation sites (tertiary alicyclic amines) is 1. The van der Waals surface area contributed by atoms with Crippen molar-refractivity contribution in [3.8, 4) is 11.5 Å². The molecule has 192 valence electrons. The van der Waals surface area contributed by atoms with Crippen LogP contribution < -0.4 is 9.47 Å². The second-order valence-electron chi connectivity index (χ2n) is 8.70. The predicted molar refractivity (Wildman–Crippen MR) is 144 cm³/mol. The van der Waals surface area contributed by atoms with E-state index < -0.39 is 17.7 Å². The number of ketones is 1. The number of hydrogen-bond acceptors (Lipinski definition) is 6. The average Bonchev–Trinajstić information content (AvgIpc) is 3.55. The lowest BCUT2D eigenvalue weighted by molar-refractivity contribution is -0.140. The van der Waals surface area contributed by atoms with Gasteiger partial charge in [-0.05, 0) is 47.5 Å². The lowest BCUT2D eigenvalue weighted by atomic mass is 9.95. The second kappa shape index (κ2) is 11.0. The number of rotatable bonds is 8. The molecule has 1 N–H and O–H groups in total. The first-order valence-electron chi connectivity index (χ1n) is 11.9. The molecule has 5 rings (SSSR count). The molecule has 1 saturated heterocycles. The number of halogens is 1. The molecule has 8 heteroatoms. The third-order valence-electron chi connectivity index (χ3n) is 6.30. The molecule has 0 saturated carbocycles. The van der Waals surface area contributed by atoms with Crippen molar-refractivity contribution in [1.82, 2.24) is 4.90 Å². The molecule has 1 aromatic heterocycles. The van der Waals surface area contributed by atoms with Crippen LogP contribution in [0, 0.1) is 0 Å². The largest absolute Gasteiger partial charge is 0.507 e. The van der Waals surface area contributed by atoms with Crippen LogP contribution in [0.5, 0.6) is 11.5 Å². The highest BCUT2D eigenvalue weighted by atomic mass is 79.9. The lowest BCUT2D eigenvalue weighted by Gasteiger charge is -2.25. The number of aliphatic hydroxyl groups is 1. The van der Waals surface area contributed by atoms with E-state index in [1.807, 2.05) is 30.3 Å². The molecule has 0 radical (unpaired) electrons. The molecule has 38 heavy (non-hydrogen) atoms. The van der Waals surface area contributed by atoms with Crippen LogP contribution in [0.15, 0.2) is 106 Å². The van der Waals surface area contributed by atoms with Crippen LogP contribution in [0.2, 0.25) is 0 Å². The van der Waals surface area contributed by atoms with Crippen molar-refractivity contribution in [3.05, 3.63) is 124 Å². The fourth-order valence-corrected chi connectivity index (χ4v) is 4.70. The Balaban J connectivity index is 1.56. The van der Waals surface area contributed by atoms with Gasteiger partial charge in [-0.15, -0.1) is 0 Å². The summed E-state index contributed by atoms with van der Waals surface area (Å²) in [6.07, 6.45) is 1.50. The second-order valence-corrected chi connectivity index (χ2v) is 9.61. The van der Waals surface area contributed by atoms with Crippen molar-refractivity contribution in [2.24, 2.45) is 0 Å². The van der Waals surface area contributed by atoms with Gasteiger partial charge in [-0.3, -0.25) is 9.59 Å². The summed E-state index contributed by atoms with van der Waals surface area (Å²) in [5.41, 5.74) is 1.99. The van der Waals surface area contributed by atoms with Crippen LogP contribution in [-0.2, 0) is 22.7 Å². The normalized spacial score (nSPS) is 16.6. The first-order valence-corrected chi connectivity index (χ1v) is 12.7. The Kier molecular flexibility index (Phi) is 7.33. The molecule has 4 aromatic rings. The summed E-state index contributed by atoms with van der Waals surface area (Å²) in [5.74, 6) is -0.304. The fourth-order valence-electron chi connectivity index (χ4n) is 4.43. The number of aliphatic hydroxyl groups excluding tert-OH is 1. The number of amides is 1. The van der Waals surface area contributed by atoms with E-state index in [0.29, 0.717) is 35.0 Å². The van der Waals surface area contributed by atoms with Crippen LogP contribution in [0.1, 0.15) is 28.5 Å². The van der Waals surface area contributed by atoms with Crippen molar-refractivity contribution in [2.75, 3.05) is 7.11 Å². The minimum absolute atomic E-state index is 0.0103. The molecule has 1 atom stereocenters. The fraction of sp³-hybridized carbons (Fsp3) is 0.133. The highest BCUT2D eigenvalue weighted by molar-refractivity contribution is 9.10. The van der Waals surface area contributed by atoms with E-state index in [9.17, 15) is 14.7 Å². The van der Waals surface area contributed by atoms with Crippen molar-refractivity contribution in [3.63, 3.8) is 0 Å². The molecule has 1 aliphatic heterocycles. The van der Waals surface area contributed by atoms with Gasteiger partial charge in [-0.25, -0.2) is 0 Å². The Morgan fingerprint density at radius 2 is 1.74 bits per heavy atom. The quantitative estimate of drug-likeness (QED) is 0.152. The Bertz CT molecular complexity index is 1480. The summed E-state index contributed by atoms with van der Waals surface area (Å²) >= 11 is 3.38. The number of methoxy groups -OCH3 is 1. The highest BCUT2D eigenvalue weighted by Crippen LogP contribution is 2.43. The van der Waals surface area contributed by atoms with E-state index in [-0.39, 0.29) is 17.9 Å². The molecule has 1 fully saturated rings. The maximum atomic E-state index is 13.3. The van der Waals surface area contributed by atoms with E-state index >= 15 is 0 Å². The van der Waals surface area contributed by atoms with Gasteiger partial charge in [0.05, 0.1) is 31.5 Å². The van der Waals surface area contributed by atoms with Gasteiger partial charge < -0.3 is 23.9 Å². The standard InChI is InChI=1S/C30H24BrNO6/c1-36-25-16-21(11-14-24(25)38-18-19-6-3-2-4-7-19)27-26(28(33)20-9-12-22(31)13-10-20)29(34)30(35)32(27)17-23-8-5-15-37-23/h2-16,27,33H,17-18H2,1H3. The number of hydrogen-bond donors (Lipinski definition) is 1. The first kappa shape index (κ1) is 25.4. The molecular formula is C30H24BrNO6. The molecule has 0 bridgehead atoms. The molecule has 7 nitrogen and oxygen atoms in total. The lowest BCUT2D eigenvalue weighted by Crippen LogP contribution is -2.29. The minimum Gasteiger partial charge on any atom is -0.507 e. The van der Waals surface area contributed by atoms with Crippen molar-refractivity contribution < 1.29 is 28.6 Å². The third kappa shape index (κ3) is 5.08. The monoisotopic (exact) mass is 573 g/mol. The first-order chi connectivity index (χ1) is 18.5. The van der Waals surface area contributed by atoms with Gasteiger partial charge in [0, 0.05) is 10.0 Å². The number of carbonyl (C=O) groups excluding carboxylic acids is 2. The number of nitrogens with zero attached hydrogens (tertiary/aromatic N) is 1. The van der Waals surface area contributed by atoms with Crippen molar-refractivity contribution in [2.45, 2.75) is 19.2 Å². The van der Waals surface area contributed by atoms with E-state index in [1.54, 1.807) is 54.6 Å². The molecule has 0 spiro atoms. The average molecular weight is 574 g/mol. The molecule has 0 aliphatic carbocycles. The predicted octanol–water partition coefficient (Wildman–Crippen LogP) is 6.25. The maximum absolute atomic E-state index is 13.3. The zero-order valence-electron chi connectivity index (χ0n) is 20.5. The van der Waals surface area contributed by atoms with Crippen LogP contribution in [-0.4, -0.2) is 28.8 Å². The van der Waals surface area contributed by atoms with Gasteiger partial charge in [0.2, 0.25) is 0 Å². The van der Waals surface area contributed by atoms with Gasteiger partial charge in [-0.1, -0.05) is 64.5 Å². The van der Waals surface area contributed by atoms with Crippen LogP contribution in [0.3, 0.4) is 0 Å². The molecule has 1 aliphatic rings. The summed E-state index contributed by atoms with van der Waals surface area (Å²) in [7, 11) is 1.52. The van der Waals surface area contributed by atoms with E-state index in [0.717, 1.165) is 10.0 Å². The number of carbonyl (C=O) groups is 2. The number of ether oxygens (including phenoxy) is 2. The van der Waals surface area contributed by atoms with E-state index in [1.165, 1.54) is 18.3 Å². The Labute approximate surface area is 228 Å². The van der Waals surface area contributed by atoms with Crippen LogP contribution in [0.4, 0.5) is 0 Å². The zero-order valence-corrected chi connectivity index (χ0v) is 22.1. The molecule has 3 aromatic carbocycles. The molecule has 1 amide bonds. The van der Waals surface area contributed by atoms with Gasteiger partial charge in [0.15, 0.2) is 11.5 Å². The highest BCUT2D eigenvalue weighted by Gasteiger charge is 2.46. The molecule has 2 heterocycles. The van der Waals surface area contributed by atoms with Gasteiger partial charge in [-0.2, -0.15) is 0 Å². The van der Waals surface area contributed by atoms with Gasteiger partial charge in [0.25, 0.3) is 11.7 Å². The number of Topliss-reactive ketones (excluding diaryl/α,β-unsaturated/α-hetero) is 1. The summed E-state index contributed by atoms with van der Waals surface area (Å²) in [4.78, 5) is 27.9.